The van der Waals surface area contributed by atoms with Crippen molar-refractivity contribution < 1.29 is 41.9 Å². The minimum Gasteiger partial charge on any atom is -0.497 e. The van der Waals surface area contributed by atoms with E-state index < -0.39 is 31.5 Å². The average molecular weight is 734 g/mol. The number of para-hydroxylation sites is 2. The topological polar surface area (TPSA) is 125 Å². The number of carbonyl (C=O) groups excluding carboxylic acids is 1. The van der Waals surface area contributed by atoms with Gasteiger partial charge in [-0.1, -0.05) is 97.1 Å². The zero-order chi connectivity index (χ0) is 37.1. The predicted octanol–water partition coefficient (Wildman–Crippen LogP) is 8.92. The number of methoxy groups -OCH3 is 2. The number of nitrogens with two attached hydrogens (primary N) is 1. The van der Waals surface area contributed by atoms with E-state index in [1.54, 1.807) is 104 Å². The van der Waals surface area contributed by atoms with E-state index in [0.717, 1.165) is 11.1 Å². The van der Waals surface area contributed by atoms with Crippen molar-refractivity contribution in [2.75, 3.05) is 20.8 Å². The third-order valence-corrected chi connectivity index (χ3v) is 9.90. The van der Waals surface area contributed by atoms with Gasteiger partial charge in [0.25, 0.3) is 0 Å². The molecule has 53 heavy (non-hydrogen) atoms. The van der Waals surface area contributed by atoms with Crippen molar-refractivity contribution in [1.82, 2.24) is 0 Å². The van der Waals surface area contributed by atoms with Crippen molar-refractivity contribution in [2.24, 2.45) is 5.73 Å². The number of benzene rings is 5. The Bertz CT molecular complexity index is 1980. The largest absolute Gasteiger partial charge is 0.588 e. The van der Waals surface area contributed by atoms with Gasteiger partial charge in [-0.3, -0.25) is 4.52 Å². The molecule has 6 rings (SSSR count). The number of phosphoric acid groups is 1. The molecule has 0 radical (unpaired) electrons. The van der Waals surface area contributed by atoms with E-state index in [4.69, 9.17) is 38.3 Å². The van der Waals surface area contributed by atoms with Gasteiger partial charge in [0.1, 0.15) is 34.4 Å². The van der Waals surface area contributed by atoms with Gasteiger partial charge in [-0.25, -0.2) is 9.36 Å². The molecule has 0 aromatic heterocycles. The summed E-state index contributed by atoms with van der Waals surface area (Å²) in [7, 11) is -1.41. The summed E-state index contributed by atoms with van der Waals surface area (Å²) in [5, 5.41) is 0. The second kappa shape index (κ2) is 17.1. The Morgan fingerprint density at radius 2 is 1.28 bits per heavy atom. The van der Waals surface area contributed by atoms with Crippen LogP contribution in [0.2, 0.25) is 0 Å². The maximum Gasteiger partial charge on any atom is 0.588 e. The Morgan fingerprint density at radius 1 is 0.736 bits per heavy atom. The van der Waals surface area contributed by atoms with Gasteiger partial charge >= 0.3 is 13.8 Å². The first-order chi connectivity index (χ1) is 25.8. The van der Waals surface area contributed by atoms with Crippen molar-refractivity contribution >= 4 is 13.8 Å². The Morgan fingerprint density at radius 3 is 1.77 bits per heavy atom. The fraction of sp³-hybridized carbons (Fsp3) is 0.167. The lowest BCUT2D eigenvalue weighted by atomic mass is 9.83. The number of rotatable bonds is 16. The molecule has 11 heteroatoms. The van der Waals surface area contributed by atoms with E-state index in [0.29, 0.717) is 22.8 Å². The molecule has 0 saturated carbocycles. The van der Waals surface area contributed by atoms with E-state index in [9.17, 15) is 9.36 Å². The van der Waals surface area contributed by atoms with Crippen LogP contribution in [0.4, 0.5) is 0 Å². The second-order valence-electron chi connectivity index (χ2n) is 12.0. The number of phosphoric ester groups is 1. The van der Waals surface area contributed by atoms with Crippen molar-refractivity contribution in [3.63, 3.8) is 0 Å². The minimum absolute atomic E-state index is 0.0428. The molecule has 5 aromatic rings. The standard InChI is InChI=1S/C42H40NO9P/c1-46-36-23-24-37(38(29-36)47-2)41(43)42(52-53(45,50-34-19-11-5-12-20-34)51-35-21-13-6-14-22-35)27-25-33(26-28-42)48-30-39(44)49-40(31-15-7-3-8-16-31)32-17-9-4-10-18-32/h3-27,29,40-41H,28,30,43H2,1-2H3. The van der Waals surface area contributed by atoms with Gasteiger partial charge in [0.05, 0.1) is 20.3 Å². The van der Waals surface area contributed by atoms with Gasteiger partial charge in [0.2, 0.25) is 0 Å². The molecule has 0 bridgehead atoms. The van der Waals surface area contributed by atoms with E-state index in [1.807, 2.05) is 60.7 Å². The van der Waals surface area contributed by atoms with Crippen molar-refractivity contribution in [3.8, 4) is 23.0 Å². The maximum absolute atomic E-state index is 14.7. The van der Waals surface area contributed by atoms with Gasteiger partial charge in [-0.2, -0.15) is 0 Å². The summed E-state index contributed by atoms with van der Waals surface area (Å²) in [6.07, 6.45) is 4.36. The number of carbonyl (C=O) groups is 1. The molecular weight excluding hydrogens is 693 g/mol. The normalized spacial score (nSPS) is 15.9. The first kappa shape index (κ1) is 37.0. The molecule has 0 heterocycles. The predicted molar refractivity (Wildman–Crippen MR) is 201 cm³/mol. The van der Waals surface area contributed by atoms with Crippen LogP contribution < -0.4 is 24.3 Å². The molecule has 0 aliphatic heterocycles. The van der Waals surface area contributed by atoms with E-state index in [2.05, 4.69) is 0 Å². The van der Waals surface area contributed by atoms with Crippen molar-refractivity contribution in [2.45, 2.75) is 24.2 Å². The summed E-state index contributed by atoms with van der Waals surface area (Å²) in [5.74, 6) is 1.30. The first-order valence-electron chi connectivity index (χ1n) is 16.9. The Hall–Kier alpha value is -5.80. The molecule has 0 amide bonds. The minimum atomic E-state index is -4.48. The molecular formula is C42H40NO9P. The second-order valence-corrected chi connectivity index (χ2v) is 13.5. The zero-order valence-electron chi connectivity index (χ0n) is 29.3. The third-order valence-electron chi connectivity index (χ3n) is 8.47. The molecule has 2 unspecified atom stereocenters. The monoisotopic (exact) mass is 733 g/mol. The molecule has 0 spiro atoms. The number of esters is 1. The lowest BCUT2D eigenvalue weighted by Gasteiger charge is -2.39. The maximum atomic E-state index is 14.7. The summed E-state index contributed by atoms with van der Waals surface area (Å²) in [5.41, 5.74) is 7.69. The molecule has 1 aliphatic carbocycles. The fourth-order valence-electron chi connectivity index (χ4n) is 5.80. The summed E-state index contributed by atoms with van der Waals surface area (Å²) >= 11 is 0. The lowest BCUT2D eigenvalue weighted by molar-refractivity contribution is -0.151. The molecule has 1 aliphatic rings. The van der Waals surface area contributed by atoms with Crippen LogP contribution in [0.5, 0.6) is 23.0 Å². The number of hydrogen-bond acceptors (Lipinski definition) is 10. The SMILES string of the molecule is COc1ccc(C(N)C2(OP(=O)(Oc3ccccc3)Oc3ccccc3)C=CC(OCC(=O)OC(c3ccccc3)c3ccccc3)=CC2)c(OC)c1. The molecule has 10 nitrogen and oxygen atoms in total. The Labute approximate surface area is 308 Å². The number of hydrogen-bond donors (Lipinski definition) is 1. The van der Waals surface area contributed by atoms with Crippen LogP contribution in [-0.4, -0.2) is 32.4 Å². The highest BCUT2D eigenvalue weighted by Crippen LogP contribution is 2.56. The highest BCUT2D eigenvalue weighted by molar-refractivity contribution is 7.49. The van der Waals surface area contributed by atoms with Gasteiger partial charge in [-0.05, 0) is 65.8 Å². The third kappa shape index (κ3) is 9.36. The molecule has 2 N–H and O–H groups in total. The van der Waals surface area contributed by atoms with Crippen LogP contribution in [0.3, 0.4) is 0 Å². The average Bonchev–Trinajstić information content (AvgIpc) is 3.20. The smallest absolute Gasteiger partial charge is 0.497 e. The first-order valence-corrected chi connectivity index (χ1v) is 18.3. The highest BCUT2D eigenvalue weighted by atomic mass is 31.2. The van der Waals surface area contributed by atoms with Crippen LogP contribution >= 0.6 is 7.82 Å². The van der Waals surface area contributed by atoms with Crippen LogP contribution in [0.15, 0.2) is 164 Å². The van der Waals surface area contributed by atoms with Crippen LogP contribution in [0.25, 0.3) is 0 Å². The van der Waals surface area contributed by atoms with E-state index >= 15 is 0 Å². The van der Waals surface area contributed by atoms with Crippen molar-refractivity contribution in [3.05, 3.63) is 180 Å². The quantitative estimate of drug-likeness (QED) is 0.0777. The van der Waals surface area contributed by atoms with Crippen LogP contribution in [0.1, 0.15) is 35.3 Å². The molecule has 5 aromatic carbocycles. The Kier molecular flexibility index (Phi) is 12.0. The summed E-state index contributed by atoms with van der Waals surface area (Å²) in [4.78, 5) is 13.2. The summed E-state index contributed by atoms with van der Waals surface area (Å²) < 4.78 is 56.1. The van der Waals surface area contributed by atoms with E-state index in [1.165, 1.54) is 7.11 Å². The molecule has 0 fully saturated rings. The van der Waals surface area contributed by atoms with Gasteiger partial charge in [-0.15, -0.1) is 0 Å². The Balaban J connectivity index is 1.27. The number of allylic oxidation sites excluding steroid dienone is 1. The molecule has 0 saturated heterocycles. The van der Waals surface area contributed by atoms with Crippen LogP contribution in [-0.2, 0) is 23.4 Å². The fourth-order valence-corrected chi connectivity index (χ4v) is 7.33. The van der Waals surface area contributed by atoms with Crippen molar-refractivity contribution in [1.29, 1.82) is 0 Å². The van der Waals surface area contributed by atoms with Gasteiger partial charge < -0.3 is 33.7 Å². The van der Waals surface area contributed by atoms with E-state index in [-0.39, 0.29) is 24.5 Å². The zero-order valence-corrected chi connectivity index (χ0v) is 30.2. The number of ether oxygens (including phenoxy) is 4. The van der Waals surface area contributed by atoms with Crippen LogP contribution in [0, 0.1) is 0 Å². The molecule has 272 valence electrons. The highest BCUT2D eigenvalue weighted by Gasteiger charge is 2.48. The lowest BCUT2D eigenvalue weighted by Crippen LogP contribution is -2.43. The summed E-state index contributed by atoms with van der Waals surface area (Å²) in [6, 6.07) is 40.4. The van der Waals surface area contributed by atoms with Gasteiger partial charge in [0.15, 0.2) is 12.7 Å². The molecule has 2 atom stereocenters. The summed E-state index contributed by atoms with van der Waals surface area (Å²) in [6.45, 7) is -0.370. The van der Waals surface area contributed by atoms with Gasteiger partial charge in [0, 0.05) is 18.1 Å².